The van der Waals surface area contributed by atoms with Crippen LogP contribution in [0.3, 0.4) is 0 Å². The first kappa shape index (κ1) is 16.0. The number of fused-ring (bicyclic) bond motifs is 1. The van der Waals surface area contributed by atoms with Gasteiger partial charge in [0.1, 0.15) is 0 Å². The van der Waals surface area contributed by atoms with Crippen LogP contribution < -0.4 is 0 Å². The summed E-state index contributed by atoms with van der Waals surface area (Å²) in [5.41, 5.74) is 1.48. The lowest BCUT2D eigenvalue weighted by molar-refractivity contribution is 0.139. The summed E-state index contributed by atoms with van der Waals surface area (Å²) in [6.07, 6.45) is 2.60. The number of likely N-dealkylation sites (tertiary alicyclic amines) is 2. The van der Waals surface area contributed by atoms with Crippen LogP contribution in [0.4, 0.5) is 0 Å². The highest BCUT2D eigenvalue weighted by atomic mass is 15.2. The molecule has 2 saturated heterocycles. The van der Waals surface area contributed by atoms with E-state index in [2.05, 4.69) is 59.1 Å². The minimum atomic E-state index is 0.909. The molecular weight excluding hydrogens is 270 g/mol. The molecule has 2 heterocycles. The third kappa shape index (κ3) is 4.31. The van der Waals surface area contributed by atoms with Crippen LogP contribution in [0.5, 0.6) is 0 Å². The fraction of sp³-hybridized carbons (Fsp3) is 0.684. The highest BCUT2D eigenvalue weighted by Crippen LogP contribution is 2.31. The summed E-state index contributed by atoms with van der Waals surface area (Å²) in [6, 6.07) is 10.9. The number of likely N-dealkylation sites (N-methyl/N-ethyl adjacent to an activating group) is 1. The molecule has 0 bridgehead atoms. The number of piperidine rings is 1. The second-order valence-corrected chi connectivity index (χ2v) is 7.41. The summed E-state index contributed by atoms with van der Waals surface area (Å²) in [4.78, 5) is 7.69. The highest BCUT2D eigenvalue weighted by molar-refractivity contribution is 5.15. The van der Waals surface area contributed by atoms with E-state index in [-0.39, 0.29) is 0 Å². The smallest absolute Gasteiger partial charge is 0.0109 e. The zero-order valence-corrected chi connectivity index (χ0v) is 14.2. The molecule has 2 aliphatic rings. The molecule has 3 heteroatoms. The number of nitrogens with zero attached hydrogens (tertiary/aromatic N) is 3. The van der Waals surface area contributed by atoms with Gasteiger partial charge in [0.2, 0.25) is 0 Å². The van der Waals surface area contributed by atoms with E-state index in [1.807, 2.05) is 0 Å². The van der Waals surface area contributed by atoms with E-state index in [1.165, 1.54) is 64.2 Å². The van der Waals surface area contributed by atoms with Gasteiger partial charge in [-0.05, 0) is 50.9 Å². The molecular formula is C19H31N3. The van der Waals surface area contributed by atoms with Crippen LogP contribution >= 0.6 is 0 Å². The Bertz CT molecular complexity index is 445. The summed E-state index contributed by atoms with van der Waals surface area (Å²) < 4.78 is 0. The fourth-order valence-corrected chi connectivity index (χ4v) is 4.00. The van der Waals surface area contributed by atoms with Gasteiger partial charge in [-0.2, -0.15) is 0 Å². The summed E-state index contributed by atoms with van der Waals surface area (Å²) in [5.74, 6) is 1.86. The number of rotatable bonds is 6. The minimum absolute atomic E-state index is 0.909. The maximum absolute atomic E-state index is 2.71. The van der Waals surface area contributed by atoms with Crippen LogP contribution in [0.25, 0.3) is 0 Å². The van der Waals surface area contributed by atoms with Crippen molar-refractivity contribution in [2.75, 3.05) is 59.9 Å². The van der Waals surface area contributed by atoms with Crippen molar-refractivity contribution in [2.45, 2.75) is 12.8 Å². The van der Waals surface area contributed by atoms with E-state index < -0.39 is 0 Å². The molecule has 0 N–H and O–H groups in total. The summed E-state index contributed by atoms with van der Waals surface area (Å²) in [7, 11) is 4.35. The average Bonchev–Trinajstić information content (AvgIpc) is 2.94. The van der Waals surface area contributed by atoms with Crippen LogP contribution in [0.1, 0.15) is 12.0 Å². The first-order valence-corrected chi connectivity index (χ1v) is 8.84. The van der Waals surface area contributed by atoms with Crippen molar-refractivity contribution >= 4 is 0 Å². The normalized spacial score (nSPS) is 26.5. The molecule has 122 valence electrons. The van der Waals surface area contributed by atoms with Crippen molar-refractivity contribution in [1.29, 1.82) is 0 Å². The van der Waals surface area contributed by atoms with Crippen molar-refractivity contribution in [3.05, 3.63) is 35.9 Å². The van der Waals surface area contributed by atoms with Gasteiger partial charge in [0, 0.05) is 39.3 Å². The van der Waals surface area contributed by atoms with Crippen molar-refractivity contribution < 1.29 is 0 Å². The van der Waals surface area contributed by atoms with Gasteiger partial charge in [0.25, 0.3) is 0 Å². The molecule has 2 fully saturated rings. The molecule has 2 aliphatic heterocycles. The molecule has 1 aromatic rings. The van der Waals surface area contributed by atoms with Gasteiger partial charge >= 0.3 is 0 Å². The quantitative estimate of drug-likeness (QED) is 0.796. The second kappa shape index (κ2) is 7.58. The van der Waals surface area contributed by atoms with E-state index >= 15 is 0 Å². The first-order chi connectivity index (χ1) is 10.7. The molecule has 1 aromatic carbocycles. The van der Waals surface area contributed by atoms with E-state index in [9.17, 15) is 0 Å². The summed E-state index contributed by atoms with van der Waals surface area (Å²) in [5, 5.41) is 0. The topological polar surface area (TPSA) is 9.72 Å². The lowest BCUT2D eigenvalue weighted by Gasteiger charge is -2.34. The maximum atomic E-state index is 2.71. The van der Waals surface area contributed by atoms with E-state index in [4.69, 9.17) is 0 Å². The molecule has 0 spiro atoms. The van der Waals surface area contributed by atoms with Gasteiger partial charge in [-0.25, -0.2) is 0 Å². The Kier molecular flexibility index (Phi) is 5.51. The predicted octanol–water partition coefficient (Wildman–Crippen LogP) is 2.04. The Balaban J connectivity index is 1.43. The molecule has 0 aromatic heterocycles. The Morgan fingerprint density at radius 3 is 2.45 bits per heavy atom. The Labute approximate surface area is 135 Å². The van der Waals surface area contributed by atoms with Crippen LogP contribution in [0.15, 0.2) is 30.3 Å². The van der Waals surface area contributed by atoms with E-state index in [0.717, 1.165) is 11.8 Å². The zero-order chi connectivity index (χ0) is 15.4. The van der Waals surface area contributed by atoms with Crippen molar-refractivity contribution in [1.82, 2.24) is 14.7 Å². The highest BCUT2D eigenvalue weighted by Gasteiger charge is 2.36. The maximum Gasteiger partial charge on any atom is 0.0109 e. The summed E-state index contributed by atoms with van der Waals surface area (Å²) >= 11 is 0. The average molecular weight is 301 g/mol. The second-order valence-electron chi connectivity index (χ2n) is 7.41. The van der Waals surface area contributed by atoms with Crippen molar-refractivity contribution in [3.63, 3.8) is 0 Å². The molecule has 0 radical (unpaired) electrons. The molecule has 0 amide bonds. The molecule has 3 rings (SSSR count). The molecule has 3 nitrogen and oxygen atoms in total. The number of hydrogen-bond acceptors (Lipinski definition) is 3. The Morgan fingerprint density at radius 1 is 0.955 bits per heavy atom. The van der Waals surface area contributed by atoms with Crippen LogP contribution in [-0.2, 0) is 6.42 Å². The van der Waals surface area contributed by atoms with Crippen molar-refractivity contribution in [3.8, 4) is 0 Å². The predicted molar refractivity (Wildman–Crippen MR) is 93.2 cm³/mol. The van der Waals surface area contributed by atoms with Crippen molar-refractivity contribution in [2.24, 2.45) is 11.8 Å². The number of hydrogen-bond donors (Lipinski definition) is 0. The standard InChI is InChI=1S/C19H31N3/c1-20(2)12-13-21-11-9-18-14-22(16-19(18)15-21)10-8-17-6-4-3-5-7-17/h3-7,18-19H,8-16H2,1-2H3/t18-,19+/m0/s1. The van der Waals surface area contributed by atoms with Gasteiger partial charge < -0.3 is 14.7 Å². The molecule has 0 aliphatic carbocycles. The van der Waals surface area contributed by atoms with Gasteiger partial charge in [0.15, 0.2) is 0 Å². The van der Waals surface area contributed by atoms with Crippen LogP contribution in [0.2, 0.25) is 0 Å². The van der Waals surface area contributed by atoms with Gasteiger partial charge in [-0.3, -0.25) is 0 Å². The van der Waals surface area contributed by atoms with E-state index in [1.54, 1.807) is 0 Å². The summed E-state index contributed by atoms with van der Waals surface area (Å²) in [6.45, 7) is 8.93. The molecule has 22 heavy (non-hydrogen) atoms. The lowest BCUT2D eigenvalue weighted by Crippen LogP contribution is -2.42. The van der Waals surface area contributed by atoms with E-state index in [0.29, 0.717) is 0 Å². The monoisotopic (exact) mass is 301 g/mol. The molecule has 2 atom stereocenters. The van der Waals surface area contributed by atoms with Gasteiger partial charge in [-0.1, -0.05) is 30.3 Å². The minimum Gasteiger partial charge on any atom is -0.308 e. The third-order valence-electron chi connectivity index (χ3n) is 5.38. The number of benzene rings is 1. The van der Waals surface area contributed by atoms with Gasteiger partial charge in [-0.15, -0.1) is 0 Å². The third-order valence-corrected chi connectivity index (χ3v) is 5.38. The SMILES string of the molecule is CN(C)CCN1CC[C@H]2CN(CCc3ccccc3)C[C@H]2C1. The largest absolute Gasteiger partial charge is 0.308 e. The zero-order valence-electron chi connectivity index (χ0n) is 14.2. The Morgan fingerprint density at radius 2 is 1.68 bits per heavy atom. The van der Waals surface area contributed by atoms with Crippen LogP contribution in [0, 0.1) is 11.8 Å². The Hall–Kier alpha value is -0.900. The molecule has 0 unspecified atom stereocenters. The van der Waals surface area contributed by atoms with Crippen LogP contribution in [-0.4, -0.2) is 74.6 Å². The first-order valence-electron chi connectivity index (χ1n) is 8.84. The molecule has 0 saturated carbocycles. The lowest BCUT2D eigenvalue weighted by atomic mass is 9.89. The van der Waals surface area contributed by atoms with Gasteiger partial charge in [0.05, 0.1) is 0 Å². The fourth-order valence-electron chi connectivity index (χ4n) is 4.00.